The third-order valence-electron chi connectivity index (χ3n) is 6.05. The summed E-state index contributed by atoms with van der Waals surface area (Å²) in [4.78, 5) is 17.7. The molecule has 1 heterocycles. The lowest BCUT2D eigenvalue weighted by molar-refractivity contribution is -0.000154. The Kier molecular flexibility index (Phi) is 13.8. The topological polar surface area (TPSA) is 42.0 Å². The van der Waals surface area contributed by atoms with Crippen LogP contribution in [0.5, 0.6) is 5.75 Å². The van der Waals surface area contributed by atoms with Crippen molar-refractivity contribution in [3.05, 3.63) is 65.7 Å². The molecule has 0 aliphatic carbocycles. The summed E-state index contributed by atoms with van der Waals surface area (Å²) < 4.78 is 11.5. The van der Waals surface area contributed by atoms with Gasteiger partial charge in [0.15, 0.2) is 5.78 Å². The van der Waals surface area contributed by atoms with Gasteiger partial charge >= 0.3 is 0 Å². The molecule has 0 aromatic heterocycles. The number of rotatable bonds is 11. The SMILES string of the molecule is COc1ccc(C(=O)C(C)CN2CCN(CC(OCC(C)C)c3ccccc3)CC2)cc1.Cl.Cl. The van der Waals surface area contributed by atoms with E-state index in [1.807, 2.05) is 31.2 Å². The van der Waals surface area contributed by atoms with Crippen molar-refractivity contribution in [1.82, 2.24) is 9.80 Å². The summed E-state index contributed by atoms with van der Waals surface area (Å²) >= 11 is 0. The number of ketones is 1. The van der Waals surface area contributed by atoms with Crippen molar-refractivity contribution in [2.45, 2.75) is 26.9 Å². The highest BCUT2D eigenvalue weighted by atomic mass is 35.5. The quantitative estimate of drug-likeness (QED) is 0.379. The van der Waals surface area contributed by atoms with E-state index in [1.165, 1.54) is 5.56 Å². The van der Waals surface area contributed by atoms with E-state index in [-0.39, 0.29) is 42.6 Å². The smallest absolute Gasteiger partial charge is 0.166 e. The Morgan fingerprint density at radius 1 is 0.853 bits per heavy atom. The van der Waals surface area contributed by atoms with E-state index in [4.69, 9.17) is 9.47 Å². The summed E-state index contributed by atoms with van der Waals surface area (Å²) in [6.07, 6.45) is 0.0979. The first-order valence-electron chi connectivity index (χ1n) is 11.8. The second kappa shape index (κ2) is 15.4. The maximum Gasteiger partial charge on any atom is 0.166 e. The van der Waals surface area contributed by atoms with Gasteiger partial charge in [-0.15, -0.1) is 24.8 Å². The fraction of sp³-hybridized carbons (Fsp3) is 0.519. The molecule has 34 heavy (non-hydrogen) atoms. The lowest BCUT2D eigenvalue weighted by Gasteiger charge is -2.37. The van der Waals surface area contributed by atoms with Crippen molar-refractivity contribution in [2.75, 3.05) is 53.0 Å². The molecular formula is C27H40Cl2N2O3. The third kappa shape index (κ3) is 9.20. The Bertz CT molecular complexity index is 826. The van der Waals surface area contributed by atoms with Gasteiger partial charge in [-0.05, 0) is 35.7 Å². The molecule has 0 spiro atoms. The van der Waals surface area contributed by atoms with E-state index in [9.17, 15) is 4.79 Å². The molecule has 5 nitrogen and oxygen atoms in total. The first-order chi connectivity index (χ1) is 15.5. The number of carbonyl (C=O) groups is 1. The summed E-state index contributed by atoms with van der Waals surface area (Å²) in [5.41, 5.74) is 2.00. The van der Waals surface area contributed by atoms with Crippen LogP contribution >= 0.6 is 24.8 Å². The highest BCUT2D eigenvalue weighted by Gasteiger charge is 2.24. The molecule has 1 aliphatic heterocycles. The number of hydrogen-bond donors (Lipinski definition) is 0. The molecule has 190 valence electrons. The van der Waals surface area contributed by atoms with Crippen molar-refractivity contribution in [1.29, 1.82) is 0 Å². The molecule has 2 aromatic carbocycles. The Morgan fingerprint density at radius 3 is 1.94 bits per heavy atom. The fourth-order valence-corrected chi connectivity index (χ4v) is 4.13. The lowest BCUT2D eigenvalue weighted by Crippen LogP contribution is -2.49. The predicted octanol–water partition coefficient (Wildman–Crippen LogP) is 5.39. The van der Waals surface area contributed by atoms with Gasteiger partial charge in [-0.3, -0.25) is 9.69 Å². The molecule has 2 unspecified atom stereocenters. The summed E-state index contributed by atoms with van der Waals surface area (Å²) in [5.74, 6) is 1.46. The van der Waals surface area contributed by atoms with Crippen LogP contribution in [0.1, 0.15) is 42.8 Å². The zero-order valence-electron chi connectivity index (χ0n) is 20.8. The normalized spacial score (nSPS) is 16.3. The molecule has 7 heteroatoms. The third-order valence-corrected chi connectivity index (χ3v) is 6.05. The van der Waals surface area contributed by atoms with Gasteiger partial charge in [-0.2, -0.15) is 0 Å². The minimum absolute atomic E-state index is 0. The molecule has 1 saturated heterocycles. The minimum Gasteiger partial charge on any atom is -0.497 e. The average molecular weight is 512 g/mol. The standard InChI is InChI=1S/C27H38N2O3.2ClH/c1-21(2)20-32-26(23-8-6-5-7-9-23)19-29-16-14-28(15-17-29)18-22(3)27(30)24-10-12-25(31-4)13-11-24;;/h5-13,21-22,26H,14-20H2,1-4H3;2*1H. The lowest BCUT2D eigenvalue weighted by atomic mass is 9.98. The van der Waals surface area contributed by atoms with Gasteiger partial charge in [0.25, 0.3) is 0 Å². The van der Waals surface area contributed by atoms with E-state index >= 15 is 0 Å². The number of halogens is 2. The summed E-state index contributed by atoms with van der Waals surface area (Å²) in [6.45, 7) is 12.8. The van der Waals surface area contributed by atoms with Gasteiger partial charge in [0.05, 0.1) is 13.2 Å². The van der Waals surface area contributed by atoms with Crippen molar-refractivity contribution in [3.8, 4) is 5.75 Å². The number of carbonyl (C=O) groups excluding carboxylic acids is 1. The van der Waals surface area contributed by atoms with Gasteiger partial charge in [-0.1, -0.05) is 51.1 Å². The van der Waals surface area contributed by atoms with Gasteiger partial charge in [0, 0.05) is 57.4 Å². The van der Waals surface area contributed by atoms with Crippen molar-refractivity contribution in [3.63, 3.8) is 0 Å². The van der Waals surface area contributed by atoms with Crippen LogP contribution < -0.4 is 4.74 Å². The molecule has 0 bridgehead atoms. The number of hydrogen-bond acceptors (Lipinski definition) is 5. The van der Waals surface area contributed by atoms with Crippen LogP contribution in [0, 0.1) is 11.8 Å². The number of benzene rings is 2. The van der Waals surface area contributed by atoms with E-state index in [0.29, 0.717) is 5.92 Å². The zero-order valence-corrected chi connectivity index (χ0v) is 22.4. The number of piperazine rings is 1. The van der Waals surface area contributed by atoms with E-state index < -0.39 is 0 Å². The molecular weight excluding hydrogens is 471 g/mol. The maximum atomic E-state index is 12.8. The van der Waals surface area contributed by atoms with Crippen LogP contribution in [-0.4, -0.2) is 68.6 Å². The molecule has 1 fully saturated rings. The molecule has 2 atom stereocenters. The predicted molar refractivity (Wildman–Crippen MR) is 144 cm³/mol. The van der Waals surface area contributed by atoms with Crippen molar-refractivity contribution >= 4 is 30.6 Å². The maximum absolute atomic E-state index is 12.8. The molecule has 0 amide bonds. The zero-order chi connectivity index (χ0) is 22.9. The van der Waals surface area contributed by atoms with Crippen LogP contribution in [0.2, 0.25) is 0 Å². The monoisotopic (exact) mass is 510 g/mol. The average Bonchev–Trinajstić information content (AvgIpc) is 2.82. The Labute approximate surface area is 217 Å². The van der Waals surface area contributed by atoms with Crippen molar-refractivity contribution < 1.29 is 14.3 Å². The first-order valence-corrected chi connectivity index (χ1v) is 11.8. The van der Waals surface area contributed by atoms with Gasteiger partial charge in [0.1, 0.15) is 5.75 Å². The molecule has 2 aromatic rings. The number of Topliss-reactive ketones (excluding diaryl/α,β-unsaturated/α-hetero) is 1. The van der Waals surface area contributed by atoms with Gasteiger partial charge < -0.3 is 14.4 Å². The Balaban J connectivity index is 0.00000289. The molecule has 0 saturated carbocycles. The molecule has 1 aliphatic rings. The second-order valence-electron chi connectivity index (χ2n) is 9.22. The number of nitrogens with zero attached hydrogens (tertiary/aromatic N) is 2. The summed E-state index contributed by atoms with van der Waals surface area (Å²) in [5, 5.41) is 0. The summed E-state index contributed by atoms with van der Waals surface area (Å²) in [6, 6.07) is 18.0. The highest BCUT2D eigenvalue weighted by Crippen LogP contribution is 2.21. The van der Waals surface area contributed by atoms with E-state index in [1.54, 1.807) is 7.11 Å². The number of methoxy groups -OCH3 is 1. The second-order valence-corrected chi connectivity index (χ2v) is 9.22. The molecule has 0 N–H and O–H groups in total. The van der Waals surface area contributed by atoms with Crippen LogP contribution in [0.3, 0.4) is 0 Å². The van der Waals surface area contributed by atoms with Gasteiger partial charge in [0.2, 0.25) is 0 Å². The van der Waals surface area contributed by atoms with Crippen molar-refractivity contribution in [2.24, 2.45) is 11.8 Å². The van der Waals surface area contributed by atoms with Crippen LogP contribution in [0.4, 0.5) is 0 Å². The van der Waals surface area contributed by atoms with E-state index in [2.05, 4.69) is 54.0 Å². The summed E-state index contributed by atoms with van der Waals surface area (Å²) in [7, 11) is 1.64. The van der Waals surface area contributed by atoms with Crippen LogP contribution in [-0.2, 0) is 4.74 Å². The van der Waals surface area contributed by atoms with Crippen LogP contribution in [0.25, 0.3) is 0 Å². The first kappa shape index (κ1) is 30.4. The fourth-order valence-electron chi connectivity index (χ4n) is 4.13. The van der Waals surface area contributed by atoms with Gasteiger partial charge in [-0.25, -0.2) is 0 Å². The molecule has 0 radical (unpaired) electrons. The Morgan fingerprint density at radius 2 is 1.41 bits per heavy atom. The Hall–Kier alpha value is -1.63. The number of ether oxygens (including phenoxy) is 2. The molecule has 3 rings (SSSR count). The largest absolute Gasteiger partial charge is 0.497 e. The minimum atomic E-state index is -0.0265. The van der Waals surface area contributed by atoms with Crippen LogP contribution in [0.15, 0.2) is 54.6 Å². The van der Waals surface area contributed by atoms with E-state index in [0.717, 1.165) is 57.2 Å². The highest BCUT2D eigenvalue weighted by molar-refractivity contribution is 5.97.